The quantitative estimate of drug-likeness (QED) is 0.365. The number of unbranched alkanes of at least 4 members (excludes halogenated alkanes) is 1. The van der Waals surface area contributed by atoms with Crippen molar-refractivity contribution in [3.05, 3.63) is 58.7 Å². The summed E-state index contributed by atoms with van der Waals surface area (Å²) in [4.78, 5) is 38.8. The van der Waals surface area contributed by atoms with Crippen LogP contribution >= 0.6 is 11.6 Å². The third-order valence-electron chi connectivity index (χ3n) is 7.81. The van der Waals surface area contributed by atoms with Crippen molar-refractivity contribution in [1.29, 1.82) is 0 Å². The number of aromatic nitrogens is 2. The average Bonchev–Trinajstić information content (AvgIpc) is 2.95. The Kier molecular flexibility index (Phi) is 8.55. The van der Waals surface area contributed by atoms with Gasteiger partial charge in [-0.25, -0.2) is 9.97 Å². The van der Waals surface area contributed by atoms with E-state index in [1.807, 2.05) is 47.4 Å². The summed E-state index contributed by atoms with van der Waals surface area (Å²) in [5, 5.41) is 9.65. The Morgan fingerprint density at radius 2 is 1.63 bits per heavy atom. The molecular weight excluding hydrogens is 500 g/mol. The number of rotatable bonds is 8. The predicted octanol–water partition coefficient (Wildman–Crippen LogP) is 5.84. The van der Waals surface area contributed by atoms with Gasteiger partial charge in [-0.15, -0.1) is 0 Å². The number of halogens is 1. The number of likely N-dealkylation sites (tertiary alicyclic amines) is 2. The van der Waals surface area contributed by atoms with E-state index in [0.29, 0.717) is 41.4 Å². The van der Waals surface area contributed by atoms with Gasteiger partial charge in [0.1, 0.15) is 0 Å². The van der Waals surface area contributed by atoms with E-state index in [1.165, 1.54) is 32.4 Å². The van der Waals surface area contributed by atoms with Gasteiger partial charge in [-0.1, -0.05) is 30.2 Å². The van der Waals surface area contributed by atoms with Crippen LogP contribution in [0.2, 0.25) is 5.02 Å². The molecule has 0 aliphatic carbocycles. The van der Waals surface area contributed by atoms with Crippen LogP contribution in [-0.4, -0.2) is 69.0 Å². The van der Waals surface area contributed by atoms with E-state index in [0.717, 1.165) is 48.4 Å². The number of carbonyl (C=O) groups is 2. The molecule has 2 aliphatic heterocycles. The highest BCUT2D eigenvalue weighted by Gasteiger charge is 2.28. The fraction of sp³-hybridized carbons (Fsp3) is 0.467. The van der Waals surface area contributed by atoms with Crippen LogP contribution in [0.5, 0.6) is 0 Å². The highest BCUT2D eigenvalue weighted by Crippen LogP contribution is 2.28. The van der Waals surface area contributed by atoms with E-state index < -0.39 is 5.97 Å². The Bertz CT molecular complexity index is 1280. The van der Waals surface area contributed by atoms with Crippen molar-refractivity contribution in [3.63, 3.8) is 0 Å². The molecule has 3 heterocycles. The number of aliphatic carboxylic acids is 1. The maximum absolute atomic E-state index is 13.4. The molecule has 2 fully saturated rings. The normalized spacial score (nSPS) is 17.1. The van der Waals surface area contributed by atoms with Crippen molar-refractivity contribution >= 4 is 34.5 Å². The molecule has 2 saturated heterocycles. The molecule has 0 unspecified atom stereocenters. The molecule has 200 valence electrons. The lowest BCUT2D eigenvalue weighted by molar-refractivity contribution is -0.137. The molecule has 7 nitrogen and oxygen atoms in total. The smallest absolute Gasteiger partial charge is 0.303 e. The van der Waals surface area contributed by atoms with Gasteiger partial charge in [0.2, 0.25) is 0 Å². The van der Waals surface area contributed by atoms with Gasteiger partial charge in [0, 0.05) is 41.7 Å². The van der Waals surface area contributed by atoms with Crippen molar-refractivity contribution < 1.29 is 14.7 Å². The number of hydrogen-bond donors (Lipinski definition) is 1. The lowest BCUT2D eigenvalue weighted by atomic mass is 9.99. The maximum atomic E-state index is 13.4. The summed E-state index contributed by atoms with van der Waals surface area (Å²) in [5.41, 5.74) is 4.53. The van der Waals surface area contributed by atoms with E-state index in [4.69, 9.17) is 26.7 Å². The number of hydrogen-bond acceptors (Lipinski definition) is 5. The summed E-state index contributed by atoms with van der Waals surface area (Å²) in [6.07, 6.45) is 7.98. The standard InChI is InChI=1S/C30H35ClN4O3/c31-23-11-8-21(9-12-23)29-26(6-2-3-7-28(36)37)32-27-20-22(10-13-25(27)33-29)30(38)35-18-14-24(15-19-35)34-16-4-1-5-17-34/h8-13,20,24H,1-7,14-19H2,(H,36,37). The molecule has 2 aliphatic rings. The fourth-order valence-corrected chi connectivity index (χ4v) is 5.83. The molecule has 0 saturated carbocycles. The van der Waals surface area contributed by atoms with Gasteiger partial charge in [0.15, 0.2) is 0 Å². The lowest BCUT2D eigenvalue weighted by Gasteiger charge is -2.40. The highest BCUT2D eigenvalue weighted by atomic mass is 35.5. The first-order valence-electron chi connectivity index (χ1n) is 13.8. The molecule has 1 N–H and O–H groups in total. The number of carboxylic acid groups (broad SMARTS) is 1. The molecule has 1 aromatic heterocycles. The van der Waals surface area contributed by atoms with Gasteiger partial charge in [0.05, 0.1) is 22.4 Å². The van der Waals surface area contributed by atoms with E-state index in [2.05, 4.69) is 4.90 Å². The van der Waals surface area contributed by atoms with Gasteiger partial charge in [-0.2, -0.15) is 0 Å². The number of carbonyl (C=O) groups excluding carboxylic acids is 1. The van der Waals surface area contributed by atoms with E-state index in [-0.39, 0.29) is 12.3 Å². The zero-order chi connectivity index (χ0) is 26.5. The summed E-state index contributed by atoms with van der Waals surface area (Å²) in [6.45, 7) is 3.96. The van der Waals surface area contributed by atoms with Crippen molar-refractivity contribution in [2.24, 2.45) is 0 Å². The zero-order valence-electron chi connectivity index (χ0n) is 21.7. The number of carboxylic acids is 1. The Morgan fingerprint density at radius 1 is 0.895 bits per heavy atom. The molecule has 2 aromatic carbocycles. The molecule has 0 radical (unpaired) electrons. The summed E-state index contributed by atoms with van der Waals surface area (Å²) in [6, 6.07) is 13.7. The number of fused-ring (bicyclic) bond motifs is 1. The van der Waals surface area contributed by atoms with E-state index >= 15 is 0 Å². The van der Waals surface area contributed by atoms with Gasteiger partial charge in [-0.05, 0) is 88.4 Å². The molecule has 0 atom stereocenters. The first-order valence-corrected chi connectivity index (χ1v) is 14.2. The third-order valence-corrected chi connectivity index (χ3v) is 8.07. The van der Waals surface area contributed by atoms with Gasteiger partial charge >= 0.3 is 5.97 Å². The topological polar surface area (TPSA) is 86.6 Å². The second-order valence-electron chi connectivity index (χ2n) is 10.5. The molecule has 8 heteroatoms. The predicted molar refractivity (Wildman–Crippen MR) is 150 cm³/mol. The first-order chi connectivity index (χ1) is 18.5. The Hall–Kier alpha value is -3.03. The molecule has 0 spiro atoms. The molecule has 38 heavy (non-hydrogen) atoms. The molecule has 1 amide bonds. The minimum Gasteiger partial charge on any atom is -0.481 e. The monoisotopic (exact) mass is 534 g/mol. The number of nitrogens with zero attached hydrogens (tertiary/aromatic N) is 4. The third kappa shape index (κ3) is 6.33. The van der Waals surface area contributed by atoms with Crippen molar-refractivity contribution in [1.82, 2.24) is 19.8 Å². The zero-order valence-corrected chi connectivity index (χ0v) is 22.5. The first kappa shape index (κ1) is 26.6. The van der Waals surface area contributed by atoms with Gasteiger partial charge < -0.3 is 14.9 Å². The van der Waals surface area contributed by atoms with Crippen LogP contribution in [-0.2, 0) is 11.2 Å². The van der Waals surface area contributed by atoms with Gasteiger partial charge in [0.25, 0.3) is 5.91 Å². The fourth-order valence-electron chi connectivity index (χ4n) is 5.71. The SMILES string of the molecule is O=C(O)CCCCc1nc2cc(C(=O)N3CCC(N4CCCCC4)CC3)ccc2nc1-c1ccc(Cl)cc1. The van der Waals surface area contributed by atoms with Crippen LogP contribution in [0.15, 0.2) is 42.5 Å². The Morgan fingerprint density at radius 3 is 2.34 bits per heavy atom. The van der Waals surface area contributed by atoms with Crippen LogP contribution in [0.3, 0.4) is 0 Å². The van der Waals surface area contributed by atoms with Crippen LogP contribution in [0.1, 0.15) is 67.4 Å². The second-order valence-corrected chi connectivity index (χ2v) is 10.9. The van der Waals surface area contributed by atoms with Crippen LogP contribution in [0.25, 0.3) is 22.3 Å². The van der Waals surface area contributed by atoms with Crippen LogP contribution in [0, 0.1) is 0 Å². The molecular formula is C30H35ClN4O3. The highest BCUT2D eigenvalue weighted by molar-refractivity contribution is 6.30. The lowest BCUT2D eigenvalue weighted by Crippen LogP contribution is -2.48. The summed E-state index contributed by atoms with van der Waals surface area (Å²) < 4.78 is 0. The van der Waals surface area contributed by atoms with E-state index in [1.54, 1.807) is 0 Å². The molecule has 3 aromatic rings. The van der Waals surface area contributed by atoms with Gasteiger partial charge in [-0.3, -0.25) is 9.59 Å². The maximum Gasteiger partial charge on any atom is 0.303 e. The largest absolute Gasteiger partial charge is 0.481 e. The minimum absolute atomic E-state index is 0.0515. The van der Waals surface area contributed by atoms with Crippen molar-refractivity contribution in [2.45, 2.75) is 63.8 Å². The van der Waals surface area contributed by atoms with Crippen molar-refractivity contribution in [3.8, 4) is 11.3 Å². The molecule has 5 rings (SSSR count). The summed E-state index contributed by atoms with van der Waals surface area (Å²) >= 11 is 6.09. The Balaban J connectivity index is 1.35. The summed E-state index contributed by atoms with van der Waals surface area (Å²) in [7, 11) is 0. The van der Waals surface area contributed by atoms with E-state index in [9.17, 15) is 9.59 Å². The number of amides is 1. The van der Waals surface area contributed by atoms with Crippen LogP contribution < -0.4 is 0 Å². The van der Waals surface area contributed by atoms with Crippen molar-refractivity contribution in [2.75, 3.05) is 26.2 Å². The number of piperidine rings is 2. The Labute approximate surface area is 228 Å². The number of aryl methyl sites for hydroxylation is 1. The van der Waals surface area contributed by atoms with Crippen LogP contribution in [0.4, 0.5) is 0 Å². The molecule has 0 bridgehead atoms. The minimum atomic E-state index is -0.796. The number of benzene rings is 2. The average molecular weight is 535 g/mol. The summed E-state index contributed by atoms with van der Waals surface area (Å²) in [5.74, 6) is -0.744. The second kappa shape index (κ2) is 12.2.